The molecule has 0 aliphatic carbocycles. The number of amides is 2. The second-order valence-electron chi connectivity index (χ2n) is 6.80. The van der Waals surface area contributed by atoms with Crippen molar-refractivity contribution in [3.8, 4) is 0 Å². The molecule has 2 heterocycles. The van der Waals surface area contributed by atoms with Gasteiger partial charge in [0.25, 0.3) is 0 Å². The van der Waals surface area contributed by atoms with Gasteiger partial charge in [0, 0.05) is 36.1 Å². The first kappa shape index (κ1) is 16.9. The Morgan fingerprint density at radius 2 is 1.95 bits per heavy atom. The SMILES string of the molecule is C[C@H](CC(=O)N1CSC[C@@H]1C(=O)NC(C)(C)C)n1cccc1. The lowest BCUT2D eigenvalue weighted by Gasteiger charge is -2.28. The summed E-state index contributed by atoms with van der Waals surface area (Å²) >= 11 is 1.63. The van der Waals surface area contributed by atoms with Gasteiger partial charge >= 0.3 is 0 Å². The van der Waals surface area contributed by atoms with E-state index in [-0.39, 0.29) is 29.4 Å². The van der Waals surface area contributed by atoms with Crippen molar-refractivity contribution in [2.75, 3.05) is 11.6 Å². The van der Waals surface area contributed by atoms with Gasteiger partial charge in [0.05, 0.1) is 5.88 Å². The van der Waals surface area contributed by atoms with Crippen molar-refractivity contribution in [1.82, 2.24) is 14.8 Å². The first-order valence-electron chi connectivity index (χ1n) is 7.59. The van der Waals surface area contributed by atoms with Gasteiger partial charge in [-0.05, 0) is 39.8 Å². The minimum Gasteiger partial charge on any atom is -0.351 e. The maximum atomic E-state index is 12.6. The molecule has 0 aromatic carbocycles. The minimum absolute atomic E-state index is 0.0419. The predicted molar refractivity (Wildman–Crippen MR) is 89.6 cm³/mol. The standard InChI is InChI=1S/C16H25N3O2S/c1-12(18-7-5-6-8-18)9-14(20)19-11-22-10-13(19)15(21)17-16(2,3)4/h5-8,12-13H,9-11H2,1-4H3,(H,17,21)/t12-,13-/m1/s1. The number of carbonyl (C=O) groups excluding carboxylic acids is 2. The van der Waals surface area contributed by atoms with Gasteiger partial charge in [0.2, 0.25) is 11.8 Å². The van der Waals surface area contributed by atoms with E-state index < -0.39 is 0 Å². The van der Waals surface area contributed by atoms with Gasteiger partial charge in [0.1, 0.15) is 6.04 Å². The number of hydrogen-bond acceptors (Lipinski definition) is 3. The maximum absolute atomic E-state index is 12.6. The number of rotatable bonds is 4. The second kappa shape index (κ2) is 6.77. The molecule has 5 nitrogen and oxygen atoms in total. The number of hydrogen-bond donors (Lipinski definition) is 1. The lowest BCUT2D eigenvalue weighted by Crippen LogP contribution is -2.52. The Labute approximate surface area is 136 Å². The summed E-state index contributed by atoms with van der Waals surface area (Å²) in [4.78, 5) is 26.6. The van der Waals surface area contributed by atoms with E-state index in [2.05, 4.69) is 5.32 Å². The number of carbonyl (C=O) groups is 2. The topological polar surface area (TPSA) is 54.3 Å². The third-order valence-electron chi connectivity index (χ3n) is 3.61. The maximum Gasteiger partial charge on any atom is 0.244 e. The Hall–Kier alpha value is -1.43. The third kappa shape index (κ3) is 4.29. The summed E-state index contributed by atoms with van der Waals surface area (Å²) in [6.07, 6.45) is 4.33. The van der Waals surface area contributed by atoms with Crippen molar-refractivity contribution in [2.45, 2.75) is 51.7 Å². The van der Waals surface area contributed by atoms with E-state index in [0.717, 1.165) is 0 Å². The summed E-state index contributed by atoms with van der Waals surface area (Å²) in [5, 5.41) is 2.98. The zero-order valence-corrected chi connectivity index (χ0v) is 14.5. The van der Waals surface area contributed by atoms with Crippen LogP contribution in [0.3, 0.4) is 0 Å². The van der Waals surface area contributed by atoms with E-state index in [9.17, 15) is 9.59 Å². The molecule has 2 amide bonds. The van der Waals surface area contributed by atoms with E-state index in [0.29, 0.717) is 18.1 Å². The summed E-state index contributed by atoms with van der Waals surface area (Å²) in [6.45, 7) is 7.87. The largest absolute Gasteiger partial charge is 0.351 e. The Bertz CT molecular complexity index is 522. The Kier molecular flexibility index (Phi) is 5.21. The monoisotopic (exact) mass is 323 g/mol. The molecule has 1 N–H and O–H groups in total. The Balaban J connectivity index is 1.97. The smallest absolute Gasteiger partial charge is 0.244 e. The van der Waals surface area contributed by atoms with Gasteiger partial charge in [-0.15, -0.1) is 11.8 Å². The molecule has 2 rings (SSSR count). The van der Waals surface area contributed by atoms with E-state index in [1.165, 1.54) is 0 Å². The van der Waals surface area contributed by atoms with Crippen LogP contribution >= 0.6 is 11.8 Å². The van der Waals surface area contributed by atoms with Gasteiger partial charge in [-0.2, -0.15) is 0 Å². The molecule has 22 heavy (non-hydrogen) atoms. The molecule has 0 bridgehead atoms. The van der Waals surface area contributed by atoms with E-state index in [1.807, 2.05) is 56.8 Å². The van der Waals surface area contributed by atoms with Crippen LogP contribution in [0.4, 0.5) is 0 Å². The quantitative estimate of drug-likeness (QED) is 0.925. The normalized spacial score (nSPS) is 20.0. The molecular formula is C16H25N3O2S. The van der Waals surface area contributed by atoms with Crippen molar-refractivity contribution in [1.29, 1.82) is 0 Å². The highest BCUT2D eigenvalue weighted by Gasteiger charge is 2.36. The molecule has 1 fully saturated rings. The number of aromatic nitrogens is 1. The fourth-order valence-electron chi connectivity index (χ4n) is 2.48. The lowest BCUT2D eigenvalue weighted by molar-refractivity contribution is -0.139. The Morgan fingerprint density at radius 1 is 1.32 bits per heavy atom. The molecule has 0 spiro atoms. The second-order valence-corrected chi connectivity index (χ2v) is 7.80. The van der Waals surface area contributed by atoms with E-state index >= 15 is 0 Å². The number of nitrogens with one attached hydrogen (secondary N) is 1. The summed E-state index contributed by atoms with van der Waals surface area (Å²) in [7, 11) is 0. The summed E-state index contributed by atoms with van der Waals surface area (Å²) in [5.41, 5.74) is -0.280. The van der Waals surface area contributed by atoms with E-state index in [4.69, 9.17) is 0 Å². The van der Waals surface area contributed by atoms with Crippen LogP contribution < -0.4 is 5.32 Å². The first-order valence-corrected chi connectivity index (χ1v) is 8.75. The highest BCUT2D eigenvalue weighted by molar-refractivity contribution is 7.99. The van der Waals surface area contributed by atoms with Crippen molar-refractivity contribution in [2.24, 2.45) is 0 Å². The zero-order valence-electron chi connectivity index (χ0n) is 13.7. The van der Waals surface area contributed by atoms with Gasteiger partial charge in [-0.25, -0.2) is 0 Å². The average Bonchev–Trinajstić information content (AvgIpc) is 3.08. The van der Waals surface area contributed by atoms with Crippen LogP contribution in [0.25, 0.3) is 0 Å². The highest BCUT2D eigenvalue weighted by Crippen LogP contribution is 2.24. The van der Waals surface area contributed by atoms with Crippen LogP contribution in [0.5, 0.6) is 0 Å². The van der Waals surface area contributed by atoms with Crippen LogP contribution in [0.15, 0.2) is 24.5 Å². The van der Waals surface area contributed by atoms with Crippen LogP contribution in [0.1, 0.15) is 40.2 Å². The third-order valence-corrected chi connectivity index (χ3v) is 4.62. The molecule has 1 aliphatic rings. The van der Waals surface area contributed by atoms with Crippen LogP contribution in [0, 0.1) is 0 Å². The zero-order chi connectivity index (χ0) is 16.3. The molecule has 0 unspecified atom stereocenters. The summed E-state index contributed by atoms with van der Waals surface area (Å²) < 4.78 is 2.02. The van der Waals surface area contributed by atoms with Crippen LogP contribution in [-0.2, 0) is 9.59 Å². The number of thioether (sulfide) groups is 1. The minimum atomic E-state index is -0.353. The Morgan fingerprint density at radius 3 is 2.55 bits per heavy atom. The lowest BCUT2D eigenvalue weighted by atomic mass is 10.1. The van der Waals surface area contributed by atoms with Crippen LogP contribution in [-0.4, -0.2) is 44.5 Å². The fraction of sp³-hybridized carbons (Fsp3) is 0.625. The van der Waals surface area contributed by atoms with Crippen molar-refractivity contribution >= 4 is 23.6 Å². The van der Waals surface area contributed by atoms with Gasteiger partial charge < -0.3 is 14.8 Å². The van der Waals surface area contributed by atoms with Gasteiger partial charge in [-0.1, -0.05) is 0 Å². The molecule has 1 aromatic heterocycles. The molecule has 122 valence electrons. The summed E-state index contributed by atoms with van der Waals surface area (Å²) in [5.74, 6) is 1.25. The van der Waals surface area contributed by atoms with Crippen molar-refractivity contribution in [3.05, 3.63) is 24.5 Å². The molecule has 2 atom stereocenters. The predicted octanol–water partition coefficient (Wildman–Crippen LogP) is 2.26. The molecule has 1 saturated heterocycles. The fourth-order valence-corrected chi connectivity index (χ4v) is 3.66. The van der Waals surface area contributed by atoms with Crippen molar-refractivity contribution in [3.63, 3.8) is 0 Å². The molecular weight excluding hydrogens is 298 g/mol. The molecule has 0 radical (unpaired) electrons. The van der Waals surface area contributed by atoms with Crippen molar-refractivity contribution < 1.29 is 9.59 Å². The van der Waals surface area contributed by atoms with E-state index in [1.54, 1.807) is 16.7 Å². The molecule has 1 aliphatic heterocycles. The highest BCUT2D eigenvalue weighted by atomic mass is 32.2. The first-order chi connectivity index (χ1) is 10.3. The summed E-state index contributed by atoms with van der Waals surface area (Å²) in [6, 6.07) is 3.64. The number of nitrogens with zero attached hydrogens (tertiary/aromatic N) is 2. The van der Waals surface area contributed by atoms with Gasteiger partial charge in [0.15, 0.2) is 0 Å². The van der Waals surface area contributed by atoms with Gasteiger partial charge in [-0.3, -0.25) is 9.59 Å². The van der Waals surface area contributed by atoms with Crippen LogP contribution in [0.2, 0.25) is 0 Å². The molecule has 6 heteroatoms. The molecule has 1 aromatic rings. The average molecular weight is 323 g/mol. The molecule has 0 saturated carbocycles.